The van der Waals surface area contributed by atoms with E-state index in [0.717, 1.165) is 30.4 Å². The molecule has 6 nitrogen and oxygen atoms in total. The number of hydrogen-bond acceptors (Lipinski definition) is 5. The molecule has 0 spiro atoms. The van der Waals surface area contributed by atoms with Crippen molar-refractivity contribution >= 4 is 45.4 Å². The molecule has 0 saturated carbocycles. The van der Waals surface area contributed by atoms with Crippen molar-refractivity contribution in [2.24, 2.45) is 0 Å². The maximum Gasteiger partial charge on any atom is 0.262 e. The van der Waals surface area contributed by atoms with Crippen LogP contribution in [0.25, 0.3) is 0 Å². The molecule has 1 aliphatic carbocycles. The first kappa shape index (κ1) is 21.9. The summed E-state index contributed by atoms with van der Waals surface area (Å²) in [6.07, 6.45) is 2.90. The minimum absolute atomic E-state index is 0.194. The summed E-state index contributed by atoms with van der Waals surface area (Å²) in [6.45, 7) is 1.64. The zero-order valence-electron chi connectivity index (χ0n) is 17.3. The van der Waals surface area contributed by atoms with Crippen molar-refractivity contribution in [2.45, 2.75) is 26.2 Å². The van der Waals surface area contributed by atoms with Gasteiger partial charge in [0, 0.05) is 21.2 Å². The molecule has 0 bridgehead atoms. The number of anilines is 2. The number of rotatable bonds is 6. The van der Waals surface area contributed by atoms with Gasteiger partial charge in [-0.2, -0.15) is 5.26 Å². The zero-order valence-corrected chi connectivity index (χ0v) is 18.9. The number of thiophene rings is 1. The van der Waals surface area contributed by atoms with E-state index in [2.05, 4.69) is 16.7 Å². The van der Waals surface area contributed by atoms with Crippen molar-refractivity contribution < 1.29 is 14.3 Å². The molecule has 2 N–H and O–H groups in total. The molecule has 1 aromatic heterocycles. The molecule has 162 valence electrons. The van der Waals surface area contributed by atoms with Gasteiger partial charge < -0.3 is 15.4 Å². The Labute approximate surface area is 194 Å². The largest absolute Gasteiger partial charge is 0.484 e. The number of carbonyl (C=O) groups excluding carboxylic acids is 2. The van der Waals surface area contributed by atoms with Crippen LogP contribution in [0.2, 0.25) is 5.02 Å². The van der Waals surface area contributed by atoms with Gasteiger partial charge in [-0.25, -0.2) is 0 Å². The van der Waals surface area contributed by atoms with E-state index in [9.17, 15) is 14.9 Å². The lowest BCUT2D eigenvalue weighted by atomic mass is 10.1. The van der Waals surface area contributed by atoms with Gasteiger partial charge in [-0.05, 0) is 73.7 Å². The fourth-order valence-electron chi connectivity index (χ4n) is 3.56. The third kappa shape index (κ3) is 4.62. The van der Waals surface area contributed by atoms with E-state index < -0.39 is 0 Å². The third-order valence-corrected chi connectivity index (χ3v) is 6.91. The highest BCUT2D eigenvalue weighted by atomic mass is 35.5. The van der Waals surface area contributed by atoms with E-state index in [0.29, 0.717) is 32.6 Å². The second kappa shape index (κ2) is 9.43. The first-order valence-electron chi connectivity index (χ1n) is 10.1. The van der Waals surface area contributed by atoms with Crippen molar-refractivity contribution in [3.8, 4) is 11.8 Å². The Morgan fingerprint density at radius 1 is 1.16 bits per heavy atom. The molecular formula is C24H20ClN3O3S. The van der Waals surface area contributed by atoms with Gasteiger partial charge in [0.1, 0.15) is 16.8 Å². The third-order valence-electron chi connectivity index (χ3n) is 5.29. The second-order valence-corrected chi connectivity index (χ2v) is 8.91. The maximum atomic E-state index is 12.5. The van der Waals surface area contributed by atoms with Crippen LogP contribution in [0, 0.1) is 18.3 Å². The van der Waals surface area contributed by atoms with Gasteiger partial charge in [0.05, 0.1) is 5.56 Å². The van der Waals surface area contributed by atoms with Gasteiger partial charge in [0.2, 0.25) is 0 Å². The molecule has 0 atom stereocenters. The minimum Gasteiger partial charge on any atom is -0.484 e. The van der Waals surface area contributed by atoms with Gasteiger partial charge in [0.25, 0.3) is 11.8 Å². The molecule has 4 rings (SSSR count). The number of benzene rings is 2. The molecule has 0 radical (unpaired) electrons. The molecule has 2 aromatic carbocycles. The van der Waals surface area contributed by atoms with Crippen molar-refractivity contribution in [2.75, 3.05) is 17.2 Å². The highest BCUT2D eigenvalue weighted by Gasteiger charge is 2.23. The average Bonchev–Trinajstić information content (AvgIpc) is 3.36. The number of aryl methyl sites for hydroxylation is 1. The van der Waals surface area contributed by atoms with E-state index in [1.54, 1.807) is 42.5 Å². The van der Waals surface area contributed by atoms with Crippen LogP contribution in [0.15, 0.2) is 42.5 Å². The lowest BCUT2D eigenvalue weighted by Crippen LogP contribution is -2.20. The first-order valence-corrected chi connectivity index (χ1v) is 11.3. The monoisotopic (exact) mass is 465 g/mol. The zero-order chi connectivity index (χ0) is 22.7. The number of nitrogens with zero attached hydrogens (tertiary/aromatic N) is 1. The van der Waals surface area contributed by atoms with Crippen LogP contribution in [0.4, 0.5) is 10.7 Å². The highest BCUT2D eigenvalue weighted by Crippen LogP contribution is 2.38. The Kier molecular flexibility index (Phi) is 6.45. The fourth-order valence-corrected chi connectivity index (χ4v) is 4.99. The average molecular weight is 466 g/mol. The summed E-state index contributed by atoms with van der Waals surface area (Å²) in [4.78, 5) is 26.0. The maximum absolute atomic E-state index is 12.5. The number of amides is 2. The van der Waals surface area contributed by atoms with Gasteiger partial charge in [0.15, 0.2) is 6.61 Å². The smallest absolute Gasteiger partial charge is 0.262 e. The fraction of sp³-hybridized carbons (Fsp3) is 0.208. The summed E-state index contributed by atoms with van der Waals surface area (Å²) >= 11 is 7.56. The summed E-state index contributed by atoms with van der Waals surface area (Å²) < 4.78 is 5.54. The van der Waals surface area contributed by atoms with Crippen LogP contribution in [-0.4, -0.2) is 18.4 Å². The highest BCUT2D eigenvalue weighted by molar-refractivity contribution is 7.16. The van der Waals surface area contributed by atoms with E-state index >= 15 is 0 Å². The summed E-state index contributed by atoms with van der Waals surface area (Å²) in [7, 11) is 0. The Morgan fingerprint density at radius 2 is 1.94 bits per heavy atom. The van der Waals surface area contributed by atoms with E-state index in [4.69, 9.17) is 16.3 Å². The van der Waals surface area contributed by atoms with Crippen LogP contribution < -0.4 is 15.4 Å². The molecule has 0 aliphatic heterocycles. The number of fused-ring (bicyclic) bond motifs is 1. The van der Waals surface area contributed by atoms with Gasteiger partial charge in [-0.1, -0.05) is 17.7 Å². The Bertz CT molecular complexity index is 1230. The SMILES string of the molecule is Cc1c(Cl)cccc1NC(=O)c1ccc(OCC(=O)Nc2sc3c(c2C#N)CCC3)cc1. The number of carbonyl (C=O) groups is 2. The molecule has 3 aromatic rings. The Morgan fingerprint density at radius 3 is 2.69 bits per heavy atom. The van der Waals surface area contributed by atoms with Gasteiger partial charge >= 0.3 is 0 Å². The number of halogens is 1. The molecule has 0 fully saturated rings. The van der Waals surface area contributed by atoms with E-state index in [1.165, 1.54) is 16.2 Å². The standard InChI is InChI=1S/C24H20ClN3O3S/c1-14-19(25)5-3-6-20(14)27-23(30)15-8-10-16(11-9-15)31-13-22(29)28-24-18(12-26)17-4-2-7-21(17)32-24/h3,5-6,8-11H,2,4,7,13H2,1H3,(H,27,30)(H,28,29). The van der Waals surface area contributed by atoms with Crippen LogP contribution in [0.3, 0.4) is 0 Å². The number of nitriles is 1. The lowest BCUT2D eigenvalue weighted by molar-refractivity contribution is -0.118. The number of nitrogens with one attached hydrogen (secondary N) is 2. The summed E-state index contributed by atoms with van der Waals surface area (Å²) in [5.74, 6) is -0.140. The predicted octanol–water partition coefficient (Wildman–Crippen LogP) is 5.34. The molecular weight excluding hydrogens is 446 g/mol. The van der Waals surface area contributed by atoms with Crippen molar-refractivity contribution in [3.05, 3.63) is 74.6 Å². The quantitative estimate of drug-likeness (QED) is 0.514. The van der Waals surface area contributed by atoms with Crippen LogP contribution in [-0.2, 0) is 17.6 Å². The van der Waals surface area contributed by atoms with E-state index in [1.807, 2.05) is 6.92 Å². The predicted molar refractivity (Wildman–Crippen MR) is 126 cm³/mol. The molecule has 8 heteroatoms. The second-order valence-electron chi connectivity index (χ2n) is 7.40. The van der Waals surface area contributed by atoms with Crippen molar-refractivity contribution in [3.63, 3.8) is 0 Å². The molecule has 0 saturated heterocycles. The number of ether oxygens (including phenoxy) is 1. The molecule has 1 aliphatic rings. The van der Waals surface area contributed by atoms with Gasteiger partial charge in [-0.3, -0.25) is 9.59 Å². The number of hydrogen-bond donors (Lipinski definition) is 2. The van der Waals surface area contributed by atoms with Crippen LogP contribution in [0.5, 0.6) is 5.75 Å². The topological polar surface area (TPSA) is 91.2 Å². The molecule has 0 unspecified atom stereocenters. The molecule has 2 amide bonds. The lowest BCUT2D eigenvalue weighted by Gasteiger charge is -2.10. The van der Waals surface area contributed by atoms with E-state index in [-0.39, 0.29) is 18.4 Å². The Balaban J connectivity index is 1.33. The summed E-state index contributed by atoms with van der Waals surface area (Å²) in [5, 5.41) is 16.2. The Hall–Kier alpha value is -3.34. The minimum atomic E-state index is -0.334. The van der Waals surface area contributed by atoms with Crippen LogP contribution >= 0.6 is 22.9 Å². The normalized spacial score (nSPS) is 12.0. The summed E-state index contributed by atoms with van der Waals surface area (Å²) in [5.41, 5.74) is 3.53. The van der Waals surface area contributed by atoms with Gasteiger partial charge in [-0.15, -0.1) is 11.3 Å². The van der Waals surface area contributed by atoms with Crippen LogP contribution in [0.1, 0.15) is 38.3 Å². The molecule has 32 heavy (non-hydrogen) atoms. The van der Waals surface area contributed by atoms with Crippen molar-refractivity contribution in [1.82, 2.24) is 0 Å². The van der Waals surface area contributed by atoms with Crippen molar-refractivity contribution in [1.29, 1.82) is 5.26 Å². The first-order chi connectivity index (χ1) is 15.5. The molecule has 1 heterocycles. The summed E-state index contributed by atoms with van der Waals surface area (Å²) in [6, 6.07) is 14.0.